The third-order valence-electron chi connectivity index (χ3n) is 4.73. The fourth-order valence-electron chi connectivity index (χ4n) is 3.36. The van der Waals surface area contributed by atoms with Crippen molar-refractivity contribution in [1.82, 2.24) is 5.32 Å². The smallest absolute Gasteiger partial charge is 0.338 e. The molecule has 1 aromatic rings. The summed E-state index contributed by atoms with van der Waals surface area (Å²) in [5, 5.41) is 2.74. The van der Waals surface area contributed by atoms with E-state index in [4.69, 9.17) is 4.74 Å². The van der Waals surface area contributed by atoms with Crippen LogP contribution in [0.25, 0.3) is 0 Å². The number of amidine groups is 1. The van der Waals surface area contributed by atoms with Crippen LogP contribution >= 0.6 is 0 Å². The molecule has 1 aromatic carbocycles. The van der Waals surface area contributed by atoms with Crippen molar-refractivity contribution in [1.29, 1.82) is 0 Å². The molecule has 0 aromatic heterocycles. The van der Waals surface area contributed by atoms with Crippen molar-refractivity contribution < 1.29 is 22.7 Å². The zero-order valence-electron chi connectivity index (χ0n) is 17.2. The lowest BCUT2D eigenvalue weighted by atomic mass is 10.1. The summed E-state index contributed by atoms with van der Waals surface area (Å²) >= 11 is 0. The third-order valence-corrected chi connectivity index (χ3v) is 6.07. The molecule has 1 saturated heterocycles. The number of nitrogens with one attached hydrogen (secondary N) is 1. The Labute approximate surface area is 171 Å². The van der Waals surface area contributed by atoms with Crippen molar-refractivity contribution in [2.45, 2.75) is 69.9 Å². The number of carbonyl (C=O) groups is 2. The van der Waals surface area contributed by atoms with Crippen LogP contribution in [-0.2, 0) is 19.6 Å². The fraction of sp³-hybridized carbons (Fsp3) is 0.550. The average Bonchev–Trinajstić information content (AvgIpc) is 2.84. The SMILES string of the molecule is C[C@H](OC(=O)c1ccc2c(c1)S(=O)(=O)N=C1CCCCCN12)C(=O)NC(C)(C)C. The first-order valence-corrected chi connectivity index (χ1v) is 11.2. The van der Waals surface area contributed by atoms with Gasteiger partial charge in [0, 0.05) is 18.5 Å². The number of hydrogen-bond donors (Lipinski definition) is 1. The van der Waals surface area contributed by atoms with Crippen molar-refractivity contribution in [2.75, 3.05) is 11.4 Å². The van der Waals surface area contributed by atoms with E-state index < -0.39 is 33.5 Å². The van der Waals surface area contributed by atoms with Crippen LogP contribution in [0.15, 0.2) is 27.5 Å². The summed E-state index contributed by atoms with van der Waals surface area (Å²) in [4.78, 5) is 26.6. The predicted molar refractivity (Wildman–Crippen MR) is 110 cm³/mol. The van der Waals surface area contributed by atoms with Gasteiger partial charge in [0.2, 0.25) is 0 Å². The number of esters is 1. The van der Waals surface area contributed by atoms with Crippen LogP contribution in [0.4, 0.5) is 5.69 Å². The number of anilines is 1. The fourth-order valence-corrected chi connectivity index (χ4v) is 4.64. The highest BCUT2D eigenvalue weighted by atomic mass is 32.2. The second kappa shape index (κ2) is 7.78. The van der Waals surface area contributed by atoms with Gasteiger partial charge < -0.3 is 15.0 Å². The first-order valence-electron chi connectivity index (χ1n) is 9.76. The number of benzene rings is 1. The van der Waals surface area contributed by atoms with Crippen LogP contribution in [0.1, 0.15) is 63.7 Å². The van der Waals surface area contributed by atoms with E-state index in [-0.39, 0.29) is 10.5 Å². The normalized spacial score (nSPS) is 19.2. The zero-order valence-corrected chi connectivity index (χ0v) is 18.0. The molecule has 0 saturated carbocycles. The summed E-state index contributed by atoms with van der Waals surface area (Å²) in [5.41, 5.74) is 0.142. The van der Waals surface area contributed by atoms with Gasteiger partial charge in [-0.05, 0) is 58.7 Å². The molecule has 1 fully saturated rings. The Balaban J connectivity index is 1.84. The van der Waals surface area contributed by atoms with Gasteiger partial charge in [0.05, 0.1) is 11.3 Å². The van der Waals surface area contributed by atoms with Gasteiger partial charge in [-0.2, -0.15) is 8.42 Å². The first-order chi connectivity index (χ1) is 13.5. The maximum absolute atomic E-state index is 12.7. The number of carbonyl (C=O) groups excluding carboxylic acids is 2. The van der Waals surface area contributed by atoms with Crippen molar-refractivity contribution >= 4 is 33.4 Å². The van der Waals surface area contributed by atoms with Crippen LogP contribution in [0.2, 0.25) is 0 Å². The summed E-state index contributed by atoms with van der Waals surface area (Å²) < 4.78 is 34.5. The molecule has 158 valence electrons. The van der Waals surface area contributed by atoms with Gasteiger partial charge >= 0.3 is 5.97 Å². The maximum atomic E-state index is 12.7. The highest BCUT2D eigenvalue weighted by Crippen LogP contribution is 2.35. The minimum atomic E-state index is -3.89. The van der Waals surface area contributed by atoms with Gasteiger partial charge in [0.25, 0.3) is 15.9 Å². The Morgan fingerprint density at radius 1 is 1.21 bits per heavy atom. The van der Waals surface area contributed by atoms with Crippen LogP contribution in [-0.4, -0.2) is 44.3 Å². The van der Waals surface area contributed by atoms with Crippen molar-refractivity contribution in [3.63, 3.8) is 0 Å². The van der Waals surface area contributed by atoms with Crippen LogP contribution in [0.3, 0.4) is 0 Å². The molecular weight excluding hydrogens is 394 g/mol. The largest absolute Gasteiger partial charge is 0.449 e. The molecule has 1 amide bonds. The number of nitrogens with zero attached hydrogens (tertiary/aromatic N) is 2. The lowest BCUT2D eigenvalue weighted by Crippen LogP contribution is -2.46. The van der Waals surface area contributed by atoms with Crippen LogP contribution < -0.4 is 10.2 Å². The van der Waals surface area contributed by atoms with Crippen LogP contribution in [0, 0.1) is 0 Å². The lowest BCUT2D eigenvalue weighted by Gasteiger charge is -2.29. The van der Waals surface area contributed by atoms with Crippen molar-refractivity contribution in [3.8, 4) is 0 Å². The Hall–Kier alpha value is -2.42. The standard InChI is InChI=1S/C20H27N3O5S/c1-13(18(24)21-20(2,3)4)28-19(25)14-9-10-15-16(12-14)29(26,27)22-17-8-6-5-7-11-23(15)17/h9-10,12-13H,5-8,11H2,1-4H3,(H,21,24)/t13-/m0/s1. The number of amides is 1. The van der Waals surface area contributed by atoms with Crippen LogP contribution in [0.5, 0.6) is 0 Å². The molecule has 9 heteroatoms. The molecule has 1 atom stereocenters. The van der Waals surface area contributed by atoms with E-state index in [9.17, 15) is 18.0 Å². The number of hydrogen-bond acceptors (Lipinski definition) is 6. The number of rotatable bonds is 3. The minimum absolute atomic E-state index is 0.00982. The van der Waals surface area contributed by atoms with Crippen molar-refractivity contribution in [3.05, 3.63) is 23.8 Å². The van der Waals surface area contributed by atoms with Gasteiger partial charge in [-0.25, -0.2) is 4.79 Å². The molecule has 0 bridgehead atoms. The predicted octanol–water partition coefficient (Wildman–Crippen LogP) is 2.63. The van der Waals surface area contributed by atoms with Gasteiger partial charge in [0.15, 0.2) is 6.10 Å². The topological polar surface area (TPSA) is 105 Å². The molecule has 8 nitrogen and oxygen atoms in total. The monoisotopic (exact) mass is 421 g/mol. The lowest BCUT2D eigenvalue weighted by molar-refractivity contribution is -0.130. The minimum Gasteiger partial charge on any atom is -0.449 e. The molecule has 0 radical (unpaired) electrons. The second-order valence-electron chi connectivity index (χ2n) is 8.41. The van der Waals surface area contributed by atoms with Gasteiger partial charge in [0.1, 0.15) is 10.7 Å². The summed E-state index contributed by atoms with van der Waals surface area (Å²) in [6, 6.07) is 4.43. The number of fused-ring (bicyclic) bond motifs is 3. The number of sulfonamides is 1. The van der Waals surface area contributed by atoms with Gasteiger partial charge in [-0.1, -0.05) is 6.42 Å². The van der Waals surface area contributed by atoms with Crippen molar-refractivity contribution in [2.24, 2.45) is 4.40 Å². The summed E-state index contributed by atoms with van der Waals surface area (Å²) in [7, 11) is -3.89. The highest BCUT2D eigenvalue weighted by molar-refractivity contribution is 7.90. The maximum Gasteiger partial charge on any atom is 0.338 e. The summed E-state index contributed by atoms with van der Waals surface area (Å²) in [6.45, 7) is 7.64. The second-order valence-corrected chi connectivity index (χ2v) is 9.99. The number of ether oxygens (including phenoxy) is 1. The average molecular weight is 422 g/mol. The van der Waals surface area contributed by atoms with E-state index in [0.717, 1.165) is 19.3 Å². The zero-order chi connectivity index (χ0) is 21.4. The summed E-state index contributed by atoms with van der Waals surface area (Å²) in [6.07, 6.45) is 2.47. The quantitative estimate of drug-likeness (QED) is 0.752. The molecule has 2 aliphatic rings. The molecule has 3 rings (SSSR count). The van der Waals surface area contributed by atoms with E-state index in [1.165, 1.54) is 19.1 Å². The molecule has 0 spiro atoms. The highest BCUT2D eigenvalue weighted by Gasteiger charge is 2.32. The van der Waals surface area contributed by atoms with E-state index in [0.29, 0.717) is 24.5 Å². The Kier molecular flexibility index (Phi) is 5.71. The van der Waals surface area contributed by atoms with E-state index in [1.807, 2.05) is 25.7 Å². The molecule has 0 unspecified atom stereocenters. The molecule has 2 aliphatic heterocycles. The Bertz CT molecular complexity index is 963. The van der Waals surface area contributed by atoms with Gasteiger partial charge in [-0.15, -0.1) is 4.40 Å². The molecule has 1 N–H and O–H groups in total. The first kappa shape index (κ1) is 21.3. The molecular formula is C20H27N3O5S. The molecule has 2 heterocycles. The Morgan fingerprint density at radius 2 is 1.93 bits per heavy atom. The summed E-state index contributed by atoms with van der Waals surface area (Å²) in [5.74, 6) is -0.627. The third kappa shape index (κ3) is 4.77. The Morgan fingerprint density at radius 3 is 2.62 bits per heavy atom. The van der Waals surface area contributed by atoms with Gasteiger partial charge in [-0.3, -0.25) is 4.79 Å². The van der Waals surface area contributed by atoms with E-state index in [2.05, 4.69) is 9.71 Å². The van der Waals surface area contributed by atoms with E-state index in [1.54, 1.807) is 6.07 Å². The molecule has 29 heavy (non-hydrogen) atoms. The molecule has 0 aliphatic carbocycles. The van der Waals surface area contributed by atoms with E-state index >= 15 is 0 Å².